The van der Waals surface area contributed by atoms with Crippen LogP contribution in [0, 0.1) is 6.92 Å². The van der Waals surface area contributed by atoms with Gasteiger partial charge in [0.1, 0.15) is 13.2 Å². The molecule has 8 heteroatoms. The fourth-order valence-electron chi connectivity index (χ4n) is 2.30. The van der Waals surface area contributed by atoms with Gasteiger partial charge in [0.15, 0.2) is 11.5 Å². The fourth-order valence-corrected chi connectivity index (χ4v) is 3.05. The largest absolute Gasteiger partial charge is 0.460 e. The zero-order valence-electron chi connectivity index (χ0n) is 14.7. The molecule has 1 aliphatic heterocycles. The smallest absolute Gasteiger partial charge is 0.321 e. The fraction of sp³-hybridized carbons (Fsp3) is 0.211. The maximum Gasteiger partial charge on any atom is 0.321 e. The van der Waals surface area contributed by atoms with Crippen molar-refractivity contribution in [3.63, 3.8) is 0 Å². The predicted molar refractivity (Wildman–Crippen MR) is 99.5 cm³/mol. The third kappa shape index (κ3) is 5.57. The highest BCUT2D eigenvalue weighted by Gasteiger charge is 2.14. The summed E-state index contributed by atoms with van der Waals surface area (Å²) in [4.78, 5) is 11.8. The van der Waals surface area contributed by atoms with Crippen LogP contribution in [0.3, 0.4) is 0 Å². The van der Waals surface area contributed by atoms with Crippen molar-refractivity contribution < 1.29 is 27.4 Å². The molecule has 0 amide bonds. The van der Waals surface area contributed by atoms with Crippen molar-refractivity contribution in [1.29, 1.82) is 0 Å². The molecule has 0 bridgehead atoms. The Morgan fingerprint density at radius 1 is 1.15 bits per heavy atom. The van der Waals surface area contributed by atoms with Gasteiger partial charge in [-0.25, -0.2) is 13.1 Å². The summed E-state index contributed by atoms with van der Waals surface area (Å²) in [5.74, 6) is 0.545. The van der Waals surface area contributed by atoms with Crippen LogP contribution in [-0.4, -0.2) is 27.7 Å². The second-order valence-electron chi connectivity index (χ2n) is 5.93. The number of hydrogen-bond acceptors (Lipinski definition) is 6. The number of nitrogens with one attached hydrogen (secondary N) is 1. The Morgan fingerprint density at radius 2 is 1.89 bits per heavy atom. The monoisotopic (exact) mass is 389 g/mol. The van der Waals surface area contributed by atoms with E-state index < -0.39 is 22.5 Å². The summed E-state index contributed by atoms with van der Waals surface area (Å²) in [6.45, 7) is 1.67. The van der Waals surface area contributed by atoms with E-state index >= 15 is 0 Å². The highest BCUT2D eigenvalue weighted by molar-refractivity contribution is 7.92. The number of hydrogen-bond donors (Lipinski definition) is 1. The standard InChI is InChI=1S/C19H19NO6S/c1-14-2-4-15(5-3-14)8-9-27(22,23)20-11-19(21)24-12-16-6-7-17-18(10-16)26-13-25-17/h2-10,20H,11-13H2,1H3/b9-8+. The van der Waals surface area contributed by atoms with Gasteiger partial charge < -0.3 is 14.2 Å². The van der Waals surface area contributed by atoms with E-state index in [1.807, 2.05) is 19.1 Å². The lowest BCUT2D eigenvalue weighted by Crippen LogP contribution is -2.29. The Hall–Kier alpha value is -2.84. The molecule has 0 saturated heterocycles. The quantitative estimate of drug-likeness (QED) is 0.731. The van der Waals surface area contributed by atoms with Crippen LogP contribution in [0.5, 0.6) is 11.5 Å². The summed E-state index contributed by atoms with van der Waals surface area (Å²) in [6.07, 6.45) is 1.46. The second-order valence-corrected chi connectivity index (χ2v) is 7.58. The molecule has 0 radical (unpaired) electrons. The van der Waals surface area contributed by atoms with E-state index in [-0.39, 0.29) is 13.4 Å². The highest BCUT2D eigenvalue weighted by Crippen LogP contribution is 2.32. The third-order valence-electron chi connectivity index (χ3n) is 3.77. The van der Waals surface area contributed by atoms with Gasteiger partial charge in [0.2, 0.25) is 16.8 Å². The van der Waals surface area contributed by atoms with Crippen molar-refractivity contribution in [3.05, 3.63) is 64.6 Å². The number of ether oxygens (including phenoxy) is 3. The van der Waals surface area contributed by atoms with Crippen molar-refractivity contribution in [2.75, 3.05) is 13.3 Å². The Labute approximate surface area is 157 Å². The van der Waals surface area contributed by atoms with Crippen molar-refractivity contribution >= 4 is 22.1 Å². The first-order chi connectivity index (χ1) is 12.9. The summed E-state index contributed by atoms with van der Waals surface area (Å²) < 4.78 is 41.6. The number of benzene rings is 2. The van der Waals surface area contributed by atoms with Crippen LogP contribution in [0.15, 0.2) is 47.9 Å². The number of aryl methyl sites for hydroxylation is 1. The number of carbonyl (C=O) groups is 1. The van der Waals surface area contributed by atoms with E-state index in [9.17, 15) is 13.2 Å². The molecule has 1 aliphatic rings. The molecule has 0 fully saturated rings. The molecule has 0 saturated carbocycles. The molecule has 0 spiro atoms. The molecule has 2 aromatic rings. The zero-order chi connectivity index (χ0) is 19.3. The Morgan fingerprint density at radius 3 is 2.67 bits per heavy atom. The van der Waals surface area contributed by atoms with Crippen LogP contribution >= 0.6 is 0 Å². The van der Waals surface area contributed by atoms with Crippen LogP contribution in [0.2, 0.25) is 0 Å². The molecule has 0 atom stereocenters. The average molecular weight is 389 g/mol. The van der Waals surface area contributed by atoms with Gasteiger partial charge in [0, 0.05) is 5.41 Å². The second kappa shape index (κ2) is 8.24. The lowest BCUT2D eigenvalue weighted by molar-refractivity contribution is -0.143. The SMILES string of the molecule is Cc1ccc(/C=C/S(=O)(=O)NCC(=O)OCc2ccc3c(c2)OCO3)cc1. The van der Waals surface area contributed by atoms with Gasteiger partial charge in [-0.1, -0.05) is 35.9 Å². The molecule has 2 aromatic carbocycles. The van der Waals surface area contributed by atoms with E-state index in [2.05, 4.69) is 4.72 Å². The zero-order valence-corrected chi connectivity index (χ0v) is 15.5. The number of fused-ring (bicyclic) bond motifs is 1. The minimum absolute atomic E-state index is 0.0103. The van der Waals surface area contributed by atoms with E-state index in [1.54, 1.807) is 30.3 Å². The van der Waals surface area contributed by atoms with Crippen molar-refractivity contribution in [3.8, 4) is 11.5 Å². The van der Waals surface area contributed by atoms with Gasteiger partial charge in [-0.2, -0.15) is 0 Å². The number of esters is 1. The molecule has 7 nitrogen and oxygen atoms in total. The molecular formula is C19H19NO6S. The van der Waals surface area contributed by atoms with Gasteiger partial charge in [0.25, 0.3) is 0 Å². The van der Waals surface area contributed by atoms with Crippen LogP contribution in [0.4, 0.5) is 0 Å². The first-order valence-electron chi connectivity index (χ1n) is 8.20. The van der Waals surface area contributed by atoms with Crippen LogP contribution in [0.1, 0.15) is 16.7 Å². The van der Waals surface area contributed by atoms with E-state index in [4.69, 9.17) is 14.2 Å². The van der Waals surface area contributed by atoms with Gasteiger partial charge in [0.05, 0.1) is 0 Å². The molecule has 1 N–H and O–H groups in total. The molecule has 1 heterocycles. The summed E-state index contributed by atoms with van der Waals surface area (Å²) in [5.41, 5.74) is 2.55. The normalized spacial score (nSPS) is 13.1. The molecule has 142 valence electrons. The highest BCUT2D eigenvalue weighted by atomic mass is 32.2. The predicted octanol–water partition coefficient (Wildman–Crippen LogP) is 2.36. The average Bonchev–Trinajstić information content (AvgIpc) is 3.12. The molecule has 0 aliphatic carbocycles. The lowest BCUT2D eigenvalue weighted by atomic mass is 10.2. The maximum atomic E-state index is 11.9. The van der Waals surface area contributed by atoms with Crippen LogP contribution in [-0.2, 0) is 26.2 Å². The molecular weight excluding hydrogens is 370 g/mol. The molecule has 3 rings (SSSR count). The number of sulfonamides is 1. The molecule has 27 heavy (non-hydrogen) atoms. The minimum Gasteiger partial charge on any atom is -0.460 e. The van der Waals surface area contributed by atoms with Gasteiger partial charge in [-0.15, -0.1) is 0 Å². The molecule has 0 unspecified atom stereocenters. The number of carbonyl (C=O) groups excluding carboxylic acids is 1. The number of rotatable bonds is 7. The Kier molecular flexibility index (Phi) is 5.78. The first kappa shape index (κ1) is 18.9. The minimum atomic E-state index is -3.74. The van der Waals surface area contributed by atoms with E-state index in [1.165, 1.54) is 6.08 Å². The Balaban J connectivity index is 1.47. The van der Waals surface area contributed by atoms with Crippen LogP contribution < -0.4 is 14.2 Å². The maximum absolute atomic E-state index is 11.9. The summed E-state index contributed by atoms with van der Waals surface area (Å²) in [5, 5.41) is 1.02. The van der Waals surface area contributed by atoms with E-state index in [0.29, 0.717) is 11.5 Å². The Bertz CT molecular complexity index is 951. The first-order valence-corrected chi connectivity index (χ1v) is 9.74. The van der Waals surface area contributed by atoms with Gasteiger partial charge in [-0.05, 0) is 36.3 Å². The third-order valence-corrected chi connectivity index (χ3v) is 4.81. The topological polar surface area (TPSA) is 90.9 Å². The lowest BCUT2D eigenvalue weighted by Gasteiger charge is -2.06. The van der Waals surface area contributed by atoms with Crippen molar-refractivity contribution in [2.45, 2.75) is 13.5 Å². The summed E-state index contributed by atoms with van der Waals surface area (Å²) >= 11 is 0. The van der Waals surface area contributed by atoms with Crippen molar-refractivity contribution in [2.24, 2.45) is 0 Å². The summed E-state index contributed by atoms with van der Waals surface area (Å²) in [6, 6.07) is 12.6. The van der Waals surface area contributed by atoms with Gasteiger partial charge >= 0.3 is 5.97 Å². The van der Waals surface area contributed by atoms with Crippen LogP contribution in [0.25, 0.3) is 6.08 Å². The van der Waals surface area contributed by atoms with Gasteiger partial charge in [-0.3, -0.25) is 4.79 Å². The molecule has 0 aromatic heterocycles. The van der Waals surface area contributed by atoms with E-state index in [0.717, 1.165) is 22.1 Å². The summed E-state index contributed by atoms with van der Waals surface area (Å²) in [7, 11) is -3.74. The van der Waals surface area contributed by atoms with Crippen molar-refractivity contribution in [1.82, 2.24) is 4.72 Å².